The van der Waals surface area contributed by atoms with Crippen molar-refractivity contribution < 1.29 is 23.5 Å². The summed E-state index contributed by atoms with van der Waals surface area (Å²) >= 11 is 0. The van der Waals surface area contributed by atoms with Crippen LogP contribution in [0, 0.1) is 18.7 Å². The minimum absolute atomic E-state index is 0.0966. The average molecular weight is 371 g/mol. The van der Waals surface area contributed by atoms with Crippen LogP contribution >= 0.6 is 0 Å². The van der Waals surface area contributed by atoms with Crippen LogP contribution < -0.4 is 5.73 Å². The number of nitrogens with two attached hydrogens (primary N) is 1. The van der Waals surface area contributed by atoms with Crippen LogP contribution in [0.4, 0.5) is 9.18 Å². The largest absolute Gasteiger partial charge is 0.466 e. The third kappa shape index (κ3) is 21.9. The Balaban J connectivity index is 0. The van der Waals surface area contributed by atoms with Gasteiger partial charge in [-0.3, -0.25) is 4.79 Å². The van der Waals surface area contributed by atoms with Crippen molar-refractivity contribution >= 4 is 12.1 Å². The van der Waals surface area contributed by atoms with E-state index in [2.05, 4.69) is 18.6 Å². The molecule has 0 saturated carbocycles. The van der Waals surface area contributed by atoms with E-state index >= 15 is 0 Å². The summed E-state index contributed by atoms with van der Waals surface area (Å²) in [4.78, 5) is 20.6. The van der Waals surface area contributed by atoms with Crippen LogP contribution in [0.5, 0.6) is 0 Å². The van der Waals surface area contributed by atoms with Gasteiger partial charge in [0.05, 0.1) is 6.61 Å². The number of hydrogen-bond donors (Lipinski definition) is 1. The summed E-state index contributed by atoms with van der Waals surface area (Å²) in [5, 5.41) is 0. The Morgan fingerprint density at radius 2 is 1.81 bits per heavy atom. The first-order valence-corrected chi connectivity index (χ1v) is 8.73. The molecule has 0 saturated heterocycles. The minimum atomic E-state index is -0.725. The Morgan fingerprint density at radius 1 is 1.23 bits per heavy atom. The van der Waals surface area contributed by atoms with Gasteiger partial charge in [0.1, 0.15) is 11.4 Å². The normalized spacial score (nSPS) is 10.0. The lowest BCUT2D eigenvalue weighted by atomic mass is 10.1. The lowest BCUT2D eigenvalue weighted by molar-refractivity contribution is -0.143. The Labute approximate surface area is 157 Å². The first-order chi connectivity index (χ1) is 11.9. The molecule has 0 heterocycles. The summed E-state index contributed by atoms with van der Waals surface area (Å²) < 4.78 is 21.6. The van der Waals surface area contributed by atoms with Crippen molar-refractivity contribution in [2.24, 2.45) is 11.7 Å². The molecule has 0 atom stereocenters. The van der Waals surface area contributed by atoms with E-state index in [-0.39, 0.29) is 11.8 Å². The maximum atomic E-state index is 12.2. The molecule has 0 aliphatic heterocycles. The number of amides is 1. The fourth-order valence-electron chi connectivity index (χ4n) is 1.42. The third-order valence-electron chi connectivity index (χ3n) is 2.63. The number of carbonyl (C=O) groups is 2. The van der Waals surface area contributed by atoms with Gasteiger partial charge < -0.3 is 15.2 Å². The number of primary amides is 1. The monoisotopic (exact) mass is 371 g/mol. The predicted octanol–water partition coefficient (Wildman–Crippen LogP) is 5.00. The fourth-order valence-corrected chi connectivity index (χ4v) is 1.42. The molecule has 1 rings (SSSR count). The molecule has 6 heteroatoms. The Kier molecular flexibility index (Phi) is 14.2. The molecular formula is C20H34FNO4. The van der Waals surface area contributed by atoms with Gasteiger partial charge in [-0.25, -0.2) is 9.18 Å². The van der Waals surface area contributed by atoms with Gasteiger partial charge in [0.15, 0.2) is 0 Å². The van der Waals surface area contributed by atoms with Crippen molar-refractivity contribution in [2.75, 3.05) is 6.61 Å². The first-order valence-electron chi connectivity index (χ1n) is 8.73. The van der Waals surface area contributed by atoms with Gasteiger partial charge in [0, 0.05) is 6.42 Å². The van der Waals surface area contributed by atoms with Gasteiger partial charge in [0.25, 0.3) is 0 Å². The van der Waals surface area contributed by atoms with Crippen molar-refractivity contribution in [1.82, 2.24) is 0 Å². The second kappa shape index (κ2) is 14.1. The fraction of sp³-hybridized carbons (Fsp3) is 0.600. The Bertz CT molecular complexity index is 508. The number of halogens is 1. The summed E-state index contributed by atoms with van der Waals surface area (Å²) in [6, 6.07) is 6.50. The number of aryl methyl sites for hydroxylation is 1. The highest BCUT2D eigenvalue weighted by Gasteiger charge is 2.12. The first kappa shape index (κ1) is 26.1. The molecule has 1 aromatic carbocycles. The van der Waals surface area contributed by atoms with Crippen LogP contribution in [0.3, 0.4) is 0 Å². The highest BCUT2D eigenvalue weighted by molar-refractivity contribution is 5.68. The van der Waals surface area contributed by atoms with Gasteiger partial charge in [0.2, 0.25) is 0 Å². The van der Waals surface area contributed by atoms with Crippen LogP contribution in [-0.2, 0) is 14.3 Å². The molecule has 0 spiro atoms. The molecule has 0 aliphatic carbocycles. The van der Waals surface area contributed by atoms with Crippen molar-refractivity contribution in [3.63, 3.8) is 0 Å². The minimum Gasteiger partial charge on any atom is -0.466 e. The maximum Gasteiger partial charge on any atom is 0.405 e. The maximum absolute atomic E-state index is 12.2. The van der Waals surface area contributed by atoms with Crippen molar-refractivity contribution in [3.05, 3.63) is 35.6 Å². The summed E-state index contributed by atoms with van der Waals surface area (Å²) in [6.07, 6.45) is 0.724. The number of ether oxygens (including phenoxy) is 2. The van der Waals surface area contributed by atoms with Crippen LogP contribution in [-0.4, -0.2) is 24.3 Å². The summed E-state index contributed by atoms with van der Waals surface area (Å²) in [6.45, 7) is 13.7. The van der Waals surface area contributed by atoms with Gasteiger partial charge >= 0.3 is 12.1 Å². The standard InChI is InChI=1S/C8H16O2.C7H7F.C5H11NO2/c1-4-8(9)10-6-5-7(2)3;1-6-3-2-4-7(8)5-6;1-5(2,3)8-4(6)7/h7H,4-6H2,1-3H3;2-5H,1H3;1-3H3,(H2,6,7). The van der Waals surface area contributed by atoms with E-state index in [1.807, 2.05) is 13.0 Å². The number of benzene rings is 1. The predicted molar refractivity (Wildman–Crippen MR) is 102 cm³/mol. The summed E-state index contributed by atoms with van der Waals surface area (Å²) in [5.74, 6) is 0.357. The topological polar surface area (TPSA) is 78.6 Å². The van der Waals surface area contributed by atoms with Crippen LogP contribution in [0.1, 0.15) is 59.9 Å². The second-order valence-corrected chi connectivity index (χ2v) is 7.09. The van der Waals surface area contributed by atoms with Crippen LogP contribution in [0.15, 0.2) is 24.3 Å². The quantitative estimate of drug-likeness (QED) is 0.755. The third-order valence-corrected chi connectivity index (χ3v) is 2.63. The molecule has 5 nitrogen and oxygen atoms in total. The lowest BCUT2D eigenvalue weighted by Crippen LogP contribution is -2.27. The molecular weight excluding hydrogens is 337 g/mol. The second-order valence-electron chi connectivity index (χ2n) is 7.09. The van der Waals surface area contributed by atoms with Crippen molar-refractivity contribution in [1.29, 1.82) is 0 Å². The molecule has 0 aliphatic rings. The molecule has 26 heavy (non-hydrogen) atoms. The zero-order valence-electron chi connectivity index (χ0n) is 17.1. The molecule has 0 radical (unpaired) electrons. The van der Waals surface area contributed by atoms with E-state index in [1.54, 1.807) is 33.8 Å². The number of rotatable bonds is 4. The van der Waals surface area contributed by atoms with E-state index in [1.165, 1.54) is 12.1 Å². The Hall–Kier alpha value is -2.11. The van der Waals surface area contributed by atoms with Crippen LogP contribution in [0.2, 0.25) is 0 Å². The van der Waals surface area contributed by atoms with Gasteiger partial charge in [-0.2, -0.15) is 0 Å². The summed E-state index contributed by atoms with van der Waals surface area (Å²) in [7, 11) is 0. The highest BCUT2D eigenvalue weighted by Crippen LogP contribution is 2.05. The van der Waals surface area contributed by atoms with E-state index in [0.29, 0.717) is 18.9 Å². The summed E-state index contributed by atoms with van der Waals surface area (Å²) in [5.41, 5.74) is 5.23. The molecule has 1 amide bonds. The molecule has 0 aromatic heterocycles. The SMILES string of the molecule is CC(C)(C)OC(N)=O.CCC(=O)OCCC(C)C.Cc1cccc(F)c1. The van der Waals surface area contributed by atoms with Crippen molar-refractivity contribution in [3.8, 4) is 0 Å². The van der Waals surface area contributed by atoms with Crippen molar-refractivity contribution in [2.45, 2.75) is 66.9 Å². The zero-order valence-corrected chi connectivity index (χ0v) is 17.1. The number of esters is 1. The lowest BCUT2D eigenvalue weighted by Gasteiger charge is -2.16. The van der Waals surface area contributed by atoms with Gasteiger partial charge in [-0.1, -0.05) is 32.9 Å². The Morgan fingerprint density at radius 3 is 2.08 bits per heavy atom. The van der Waals surface area contributed by atoms with Crippen LogP contribution in [0.25, 0.3) is 0 Å². The molecule has 0 unspecified atom stereocenters. The average Bonchev–Trinajstić information content (AvgIpc) is 2.45. The van der Waals surface area contributed by atoms with E-state index in [0.717, 1.165) is 12.0 Å². The smallest absolute Gasteiger partial charge is 0.405 e. The number of hydrogen-bond acceptors (Lipinski definition) is 4. The van der Waals surface area contributed by atoms with E-state index in [9.17, 15) is 14.0 Å². The molecule has 0 bridgehead atoms. The van der Waals surface area contributed by atoms with Gasteiger partial charge in [-0.05, 0) is 57.7 Å². The molecule has 0 fully saturated rings. The van der Waals surface area contributed by atoms with Gasteiger partial charge in [-0.15, -0.1) is 0 Å². The molecule has 150 valence electrons. The molecule has 1 aromatic rings. The van der Waals surface area contributed by atoms with E-state index < -0.39 is 11.7 Å². The molecule has 2 N–H and O–H groups in total. The number of carbonyl (C=O) groups excluding carboxylic acids is 2. The highest BCUT2D eigenvalue weighted by atomic mass is 19.1. The van der Waals surface area contributed by atoms with E-state index in [4.69, 9.17) is 10.5 Å². The zero-order chi connectivity index (χ0) is 20.8.